The first-order chi connectivity index (χ1) is 14.5. The third kappa shape index (κ3) is 7.13. The molecule has 0 radical (unpaired) electrons. The van der Waals surface area contributed by atoms with E-state index in [1.54, 1.807) is 11.8 Å². The van der Waals surface area contributed by atoms with Crippen LogP contribution in [0.25, 0.3) is 0 Å². The van der Waals surface area contributed by atoms with E-state index < -0.39 is 5.92 Å². The first-order valence-corrected chi connectivity index (χ1v) is 11.1. The van der Waals surface area contributed by atoms with Gasteiger partial charge in [-0.1, -0.05) is 36.4 Å². The van der Waals surface area contributed by atoms with Crippen LogP contribution in [0, 0.1) is 24.2 Å². The zero-order valence-corrected chi connectivity index (χ0v) is 18.6. The highest BCUT2D eigenvalue weighted by Crippen LogP contribution is 2.35. The highest BCUT2D eigenvalue weighted by atomic mass is 32.2. The van der Waals surface area contributed by atoms with Gasteiger partial charge in [-0.05, 0) is 45.1 Å². The molecule has 1 aromatic heterocycles. The normalized spacial score (nSPS) is 14.0. The zero-order valence-electron chi connectivity index (χ0n) is 17.8. The average molecular weight is 427 g/mol. The van der Waals surface area contributed by atoms with Gasteiger partial charge in [0.1, 0.15) is 5.92 Å². The Labute approximate surface area is 183 Å². The lowest BCUT2D eigenvalue weighted by molar-refractivity contribution is -0.124. The Morgan fingerprint density at radius 1 is 1.23 bits per heavy atom. The van der Waals surface area contributed by atoms with Crippen molar-refractivity contribution >= 4 is 17.7 Å². The van der Waals surface area contributed by atoms with Crippen LogP contribution >= 0.6 is 11.8 Å². The molecule has 0 fully saturated rings. The van der Waals surface area contributed by atoms with E-state index in [0.717, 1.165) is 29.2 Å². The number of nitrogens with zero attached hydrogens (tertiary/aromatic N) is 3. The molecule has 0 spiro atoms. The van der Waals surface area contributed by atoms with Gasteiger partial charge in [-0.2, -0.15) is 5.26 Å². The molecular weight excluding hydrogens is 396 g/mol. The molecule has 0 aliphatic carbocycles. The molecule has 0 aliphatic heterocycles. The van der Waals surface area contributed by atoms with Gasteiger partial charge < -0.3 is 15.3 Å². The van der Waals surface area contributed by atoms with Crippen molar-refractivity contribution in [1.29, 1.82) is 5.26 Å². The molecule has 7 heteroatoms. The van der Waals surface area contributed by atoms with Crippen LogP contribution in [0.15, 0.2) is 48.5 Å². The summed E-state index contributed by atoms with van der Waals surface area (Å²) in [6, 6.07) is 17.0. The Bertz CT molecular complexity index is 839. The monoisotopic (exact) mass is 426 g/mol. The van der Waals surface area contributed by atoms with Gasteiger partial charge in [-0.15, -0.1) is 11.8 Å². The van der Waals surface area contributed by atoms with Crippen LogP contribution in [-0.4, -0.2) is 53.9 Å². The molecule has 3 unspecified atom stereocenters. The molecule has 1 amide bonds. The third-order valence-corrected chi connectivity index (χ3v) is 5.99. The number of thioether (sulfide) groups is 1. The second kappa shape index (κ2) is 12.3. The van der Waals surface area contributed by atoms with E-state index in [2.05, 4.69) is 21.3 Å². The number of pyridine rings is 1. The van der Waals surface area contributed by atoms with Crippen LogP contribution in [0.2, 0.25) is 0 Å². The highest BCUT2D eigenvalue weighted by molar-refractivity contribution is 7.99. The highest BCUT2D eigenvalue weighted by Gasteiger charge is 2.32. The molecule has 2 aromatic rings. The van der Waals surface area contributed by atoms with Gasteiger partial charge in [0.15, 0.2) is 0 Å². The van der Waals surface area contributed by atoms with E-state index in [-0.39, 0.29) is 23.8 Å². The molecule has 0 bridgehead atoms. The van der Waals surface area contributed by atoms with Crippen molar-refractivity contribution in [3.8, 4) is 6.07 Å². The van der Waals surface area contributed by atoms with Crippen LogP contribution in [0.3, 0.4) is 0 Å². The van der Waals surface area contributed by atoms with Crippen LogP contribution < -0.4 is 5.32 Å². The maximum absolute atomic E-state index is 13.2. The van der Waals surface area contributed by atoms with Gasteiger partial charge >= 0.3 is 0 Å². The van der Waals surface area contributed by atoms with Crippen molar-refractivity contribution in [2.75, 3.05) is 33.0 Å². The van der Waals surface area contributed by atoms with Crippen molar-refractivity contribution in [1.82, 2.24) is 15.2 Å². The molecule has 0 saturated carbocycles. The fourth-order valence-electron chi connectivity index (χ4n) is 3.10. The number of hydrogen-bond acceptors (Lipinski definition) is 6. The Kier molecular flexibility index (Phi) is 9.81. The molecule has 2 rings (SSSR count). The summed E-state index contributed by atoms with van der Waals surface area (Å²) in [6.45, 7) is 2.68. The summed E-state index contributed by atoms with van der Waals surface area (Å²) in [7, 11) is 3.99. The van der Waals surface area contributed by atoms with Gasteiger partial charge in [0.05, 0.1) is 23.1 Å². The second-order valence-electron chi connectivity index (χ2n) is 7.39. The fraction of sp³-hybridized carbons (Fsp3) is 0.435. The zero-order chi connectivity index (χ0) is 21.9. The molecule has 6 nitrogen and oxygen atoms in total. The molecule has 1 heterocycles. The standard InChI is InChI=1S/C23H30N4O2S/c1-17-8-7-11-21(25-17)22(30-15-13-27(2)3)19(16-24)23(29)26-20(12-14-28)18-9-5-4-6-10-18/h4-11,19-20,22,28H,12-15H2,1-3H3,(H,26,29). The van der Waals surface area contributed by atoms with Gasteiger partial charge in [0.2, 0.25) is 5.91 Å². The second-order valence-corrected chi connectivity index (χ2v) is 8.64. The lowest BCUT2D eigenvalue weighted by atomic mass is 9.99. The van der Waals surface area contributed by atoms with Gasteiger partial charge in [0.25, 0.3) is 0 Å². The van der Waals surface area contributed by atoms with Crippen molar-refractivity contribution in [2.24, 2.45) is 5.92 Å². The number of aryl methyl sites for hydroxylation is 1. The first-order valence-electron chi connectivity index (χ1n) is 10.0. The van der Waals surface area contributed by atoms with E-state index >= 15 is 0 Å². The summed E-state index contributed by atoms with van der Waals surface area (Å²) in [6.07, 6.45) is 0.384. The van der Waals surface area contributed by atoms with Crippen LogP contribution in [-0.2, 0) is 4.79 Å². The van der Waals surface area contributed by atoms with E-state index in [9.17, 15) is 15.2 Å². The summed E-state index contributed by atoms with van der Waals surface area (Å²) >= 11 is 1.57. The minimum absolute atomic E-state index is 0.0580. The van der Waals surface area contributed by atoms with Gasteiger partial charge in [-0.3, -0.25) is 9.78 Å². The lowest BCUT2D eigenvalue weighted by Crippen LogP contribution is -2.36. The molecule has 0 aliphatic rings. The molecule has 2 N–H and O–H groups in total. The molecular formula is C23H30N4O2S. The third-order valence-electron chi connectivity index (χ3n) is 4.70. The molecule has 30 heavy (non-hydrogen) atoms. The quantitative estimate of drug-likeness (QED) is 0.574. The first kappa shape index (κ1) is 23.9. The van der Waals surface area contributed by atoms with Crippen molar-refractivity contribution < 1.29 is 9.90 Å². The van der Waals surface area contributed by atoms with Crippen LogP contribution in [0.4, 0.5) is 0 Å². The number of aliphatic hydroxyl groups excluding tert-OH is 1. The molecule has 3 atom stereocenters. The number of nitriles is 1. The number of aliphatic hydroxyl groups is 1. The number of carbonyl (C=O) groups is 1. The molecule has 1 aromatic carbocycles. The van der Waals surface area contributed by atoms with E-state index in [0.29, 0.717) is 6.42 Å². The van der Waals surface area contributed by atoms with Crippen molar-refractivity contribution in [3.05, 3.63) is 65.5 Å². The topological polar surface area (TPSA) is 89.2 Å². The Hall–Kier alpha value is -2.40. The van der Waals surface area contributed by atoms with E-state index in [4.69, 9.17) is 0 Å². The summed E-state index contributed by atoms with van der Waals surface area (Å²) in [5, 5.41) is 22.0. The Balaban J connectivity index is 2.25. The van der Waals surface area contributed by atoms with Crippen LogP contribution in [0.5, 0.6) is 0 Å². The summed E-state index contributed by atoms with van der Waals surface area (Å²) in [5.41, 5.74) is 2.49. The van der Waals surface area contributed by atoms with E-state index in [1.165, 1.54) is 0 Å². The molecule has 160 valence electrons. The maximum Gasteiger partial charge on any atom is 0.239 e. The number of hydrogen-bond donors (Lipinski definition) is 2. The lowest BCUT2D eigenvalue weighted by Gasteiger charge is -2.25. The summed E-state index contributed by atoms with van der Waals surface area (Å²) in [4.78, 5) is 19.8. The Morgan fingerprint density at radius 3 is 2.57 bits per heavy atom. The SMILES string of the molecule is Cc1cccc(C(SCCN(C)C)C(C#N)C(=O)NC(CCO)c2ccccc2)n1. The largest absolute Gasteiger partial charge is 0.396 e. The number of benzene rings is 1. The summed E-state index contributed by atoms with van der Waals surface area (Å²) in [5.74, 6) is -0.459. The average Bonchev–Trinajstić information content (AvgIpc) is 2.73. The van der Waals surface area contributed by atoms with Gasteiger partial charge in [0, 0.05) is 24.6 Å². The number of rotatable bonds is 11. The smallest absolute Gasteiger partial charge is 0.239 e. The van der Waals surface area contributed by atoms with Gasteiger partial charge in [-0.25, -0.2) is 0 Å². The number of carbonyl (C=O) groups excluding carboxylic acids is 1. The summed E-state index contributed by atoms with van der Waals surface area (Å²) < 4.78 is 0. The fourth-order valence-corrected chi connectivity index (χ4v) is 4.50. The minimum atomic E-state index is -0.892. The Morgan fingerprint density at radius 2 is 1.97 bits per heavy atom. The number of amides is 1. The number of nitrogens with one attached hydrogen (secondary N) is 1. The number of aromatic nitrogens is 1. The maximum atomic E-state index is 13.2. The van der Waals surface area contributed by atoms with Crippen molar-refractivity contribution in [3.63, 3.8) is 0 Å². The minimum Gasteiger partial charge on any atom is -0.396 e. The van der Waals surface area contributed by atoms with E-state index in [1.807, 2.05) is 69.6 Å². The predicted octanol–water partition coefficient (Wildman–Crippen LogP) is 3.11. The van der Waals surface area contributed by atoms with Crippen LogP contribution in [0.1, 0.15) is 34.7 Å². The predicted molar refractivity (Wildman–Crippen MR) is 121 cm³/mol. The molecule has 0 saturated heterocycles. The van der Waals surface area contributed by atoms with Crippen molar-refractivity contribution in [2.45, 2.75) is 24.6 Å².